The molecular weight excluding hydrogens is 236 g/mol. The summed E-state index contributed by atoms with van der Waals surface area (Å²) < 4.78 is 2.06. The second-order valence-electron chi connectivity index (χ2n) is 5.20. The van der Waals surface area contributed by atoms with E-state index in [-0.39, 0.29) is 0 Å². The summed E-state index contributed by atoms with van der Waals surface area (Å²) >= 11 is 0. The average molecular weight is 252 g/mol. The Kier molecular flexibility index (Phi) is 2.18. The number of aromatic nitrogens is 3. The van der Waals surface area contributed by atoms with Gasteiger partial charge in [0.05, 0.1) is 0 Å². The number of H-pyrrole nitrogens is 1. The largest absolute Gasteiger partial charge is 0.382 e. The van der Waals surface area contributed by atoms with E-state index in [1.165, 1.54) is 22.2 Å². The number of aromatic amines is 1. The van der Waals surface area contributed by atoms with Crippen molar-refractivity contribution in [1.82, 2.24) is 14.8 Å². The van der Waals surface area contributed by atoms with Crippen LogP contribution in [0.3, 0.4) is 0 Å². The number of anilines is 1. The second kappa shape index (κ2) is 3.88. The number of rotatable bonds is 1. The second-order valence-corrected chi connectivity index (χ2v) is 5.20. The minimum atomic E-state index is 0.390. The van der Waals surface area contributed by atoms with Gasteiger partial charge in [-0.2, -0.15) is 5.10 Å². The minimum Gasteiger partial charge on any atom is -0.382 e. The van der Waals surface area contributed by atoms with Gasteiger partial charge in [0.25, 0.3) is 0 Å². The maximum atomic E-state index is 5.85. The van der Waals surface area contributed by atoms with Crippen LogP contribution in [0.2, 0.25) is 0 Å². The molecule has 96 valence electrons. The molecule has 4 nitrogen and oxygen atoms in total. The molecule has 0 saturated heterocycles. The van der Waals surface area contributed by atoms with Crippen molar-refractivity contribution in [2.75, 3.05) is 5.73 Å². The molecule has 0 radical (unpaired) electrons. The number of para-hydroxylation sites is 1. The van der Waals surface area contributed by atoms with E-state index in [4.69, 9.17) is 5.73 Å². The topological polar surface area (TPSA) is 59.6 Å². The summed E-state index contributed by atoms with van der Waals surface area (Å²) in [5, 5.41) is 5.64. The summed E-state index contributed by atoms with van der Waals surface area (Å²) in [5.74, 6) is 1.02. The third kappa shape index (κ3) is 1.56. The lowest BCUT2D eigenvalue weighted by molar-refractivity contribution is 0.455. The highest BCUT2D eigenvalue weighted by Gasteiger charge is 2.25. The van der Waals surface area contributed by atoms with Crippen LogP contribution in [-0.2, 0) is 6.54 Å². The van der Waals surface area contributed by atoms with Crippen LogP contribution in [-0.4, -0.2) is 14.8 Å². The fraction of sp³-hybridized carbons (Fsp3) is 0.267. The molecule has 1 aliphatic heterocycles. The van der Waals surface area contributed by atoms with E-state index in [1.807, 2.05) is 12.3 Å². The summed E-state index contributed by atoms with van der Waals surface area (Å²) in [4.78, 5) is 3.36. The molecule has 0 fully saturated rings. The summed E-state index contributed by atoms with van der Waals surface area (Å²) in [6.07, 6.45) is 4.31. The molecule has 4 heteroatoms. The van der Waals surface area contributed by atoms with Gasteiger partial charge >= 0.3 is 0 Å². The summed E-state index contributed by atoms with van der Waals surface area (Å²) in [7, 11) is 0. The smallest absolute Gasteiger partial charge is 0.145 e. The molecule has 0 saturated carbocycles. The zero-order valence-corrected chi connectivity index (χ0v) is 10.6. The number of hydrogen-bond donors (Lipinski definition) is 2. The Labute approximate surface area is 111 Å². The zero-order chi connectivity index (χ0) is 12.8. The van der Waals surface area contributed by atoms with Gasteiger partial charge in [0.15, 0.2) is 0 Å². The normalized spacial score (nSPS) is 18.6. The van der Waals surface area contributed by atoms with Crippen LogP contribution in [0.5, 0.6) is 0 Å². The predicted octanol–water partition coefficient (Wildman–Crippen LogP) is 2.87. The van der Waals surface area contributed by atoms with E-state index >= 15 is 0 Å². The highest BCUT2D eigenvalue weighted by atomic mass is 15.3. The molecule has 3 aromatic rings. The average Bonchev–Trinajstić information content (AvgIpc) is 3.02. The van der Waals surface area contributed by atoms with Crippen LogP contribution in [0.4, 0.5) is 5.82 Å². The van der Waals surface area contributed by atoms with Crippen molar-refractivity contribution in [3.8, 4) is 0 Å². The molecule has 3 heterocycles. The number of nitrogens with one attached hydrogen (secondary N) is 1. The molecule has 1 unspecified atom stereocenters. The van der Waals surface area contributed by atoms with Gasteiger partial charge in [0.1, 0.15) is 5.82 Å². The van der Waals surface area contributed by atoms with Crippen molar-refractivity contribution in [2.24, 2.45) is 0 Å². The van der Waals surface area contributed by atoms with Gasteiger partial charge in [-0.15, -0.1) is 0 Å². The first-order chi connectivity index (χ1) is 9.33. The van der Waals surface area contributed by atoms with Crippen molar-refractivity contribution in [1.29, 1.82) is 0 Å². The number of aryl methyl sites for hydroxylation is 1. The van der Waals surface area contributed by atoms with Gasteiger partial charge in [0, 0.05) is 35.9 Å². The Morgan fingerprint density at radius 2 is 2.26 bits per heavy atom. The first kappa shape index (κ1) is 10.7. The Morgan fingerprint density at radius 1 is 1.32 bits per heavy atom. The van der Waals surface area contributed by atoms with Gasteiger partial charge < -0.3 is 10.7 Å². The van der Waals surface area contributed by atoms with Crippen LogP contribution in [0, 0.1) is 0 Å². The first-order valence-electron chi connectivity index (χ1n) is 6.72. The van der Waals surface area contributed by atoms with Crippen LogP contribution < -0.4 is 5.73 Å². The molecule has 0 aliphatic carbocycles. The van der Waals surface area contributed by atoms with Crippen LogP contribution >= 0.6 is 0 Å². The molecule has 19 heavy (non-hydrogen) atoms. The Hall–Kier alpha value is -2.23. The highest BCUT2D eigenvalue weighted by Crippen LogP contribution is 2.36. The van der Waals surface area contributed by atoms with Gasteiger partial charge in [-0.25, -0.2) is 0 Å². The number of nitrogens with zero attached hydrogens (tertiary/aromatic N) is 2. The molecule has 4 rings (SSSR count). The summed E-state index contributed by atoms with van der Waals surface area (Å²) in [5.41, 5.74) is 9.68. The number of fused-ring (bicyclic) bond motifs is 2. The molecule has 1 aromatic carbocycles. The van der Waals surface area contributed by atoms with E-state index in [0.29, 0.717) is 11.7 Å². The monoisotopic (exact) mass is 252 g/mol. The maximum Gasteiger partial charge on any atom is 0.145 e. The van der Waals surface area contributed by atoms with Gasteiger partial charge in [-0.1, -0.05) is 18.2 Å². The van der Waals surface area contributed by atoms with Crippen LogP contribution in [0.15, 0.2) is 36.5 Å². The highest BCUT2D eigenvalue weighted by molar-refractivity contribution is 5.83. The third-order valence-electron chi connectivity index (χ3n) is 4.04. The number of benzene rings is 1. The van der Waals surface area contributed by atoms with E-state index in [9.17, 15) is 0 Å². The van der Waals surface area contributed by atoms with Crippen LogP contribution in [0.25, 0.3) is 10.9 Å². The zero-order valence-electron chi connectivity index (χ0n) is 10.6. The van der Waals surface area contributed by atoms with Crippen molar-refractivity contribution in [3.05, 3.63) is 47.8 Å². The Morgan fingerprint density at radius 3 is 3.21 bits per heavy atom. The molecule has 3 N–H and O–H groups in total. The quantitative estimate of drug-likeness (QED) is 0.699. The summed E-state index contributed by atoms with van der Waals surface area (Å²) in [6, 6.07) is 10.6. The first-order valence-corrected chi connectivity index (χ1v) is 6.72. The fourth-order valence-corrected chi connectivity index (χ4v) is 3.22. The van der Waals surface area contributed by atoms with Crippen molar-refractivity contribution in [2.45, 2.75) is 25.3 Å². The lowest BCUT2D eigenvalue weighted by Crippen LogP contribution is -2.17. The summed E-state index contributed by atoms with van der Waals surface area (Å²) in [6.45, 7) is 0.976. The lowest BCUT2D eigenvalue weighted by Gasteiger charge is -2.24. The van der Waals surface area contributed by atoms with E-state index in [2.05, 4.69) is 39.0 Å². The Balaban J connectivity index is 1.91. The molecule has 2 aromatic heterocycles. The van der Waals surface area contributed by atoms with E-state index in [1.54, 1.807) is 0 Å². The molecular formula is C15H16N4. The van der Waals surface area contributed by atoms with Gasteiger partial charge in [0.2, 0.25) is 0 Å². The molecule has 1 aliphatic rings. The lowest BCUT2D eigenvalue weighted by atomic mass is 9.88. The molecule has 0 bridgehead atoms. The number of hydrogen-bond acceptors (Lipinski definition) is 2. The van der Waals surface area contributed by atoms with E-state index in [0.717, 1.165) is 19.4 Å². The third-order valence-corrected chi connectivity index (χ3v) is 4.04. The van der Waals surface area contributed by atoms with E-state index < -0.39 is 0 Å². The molecule has 0 amide bonds. The van der Waals surface area contributed by atoms with Crippen LogP contribution in [0.1, 0.15) is 30.0 Å². The number of nitrogens with two attached hydrogens (primary N) is 1. The fourth-order valence-electron chi connectivity index (χ4n) is 3.22. The minimum absolute atomic E-state index is 0.390. The van der Waals surface area contributed by atoms with Gasteiger partial charge in [-0.3, -0.25) is 4.68 Å². The van der Waals surface area contributed by atoms with Crippen molar-refractivity contribution >= 4 is 16.7 Å². The Bertz CT molecular complexity index is 738. The van der Waals surface area contributed by atoms with Gasteiger partial charge in [-0.05, 0) is 29.9 Å². The van der Waals surface area contributed by atoms with Crippen molar-refractivity contribution in [3.63, 3.8) is 0 Å². The standard InChI is InChI=1S/C15H16N4/c16-14-9-13-11(5-2-8-19(13)18-14)12-4-1-3-10-6-7-17-15(10)12/h1,3-4,6-7,9,11,17H,2,5,8H2,(H2,16,18). The number of nitrogen functional groups attached to an aromatic ring is 1. The SMILES string of the molecule is Nc1cc2n(n1)CCCC2c1cccc2cc[nH]c12. The predicted molar refractivity (Wildman–Crippen MR) is 76.0 cm³/mol. The molecule has 0 spiro atoms. The molecule has 1 atom stereocenters. The van der Waals surface area contributed by atoms with Crippen molar-refractivity contribution < 1.29 is 0 Å². The maximum absolute atomic E-state index is 5.85.